The van der Waals surface area contributed by atoms with Crippen LogP contribution in [-0.4, -0.2) is 30.0 Å². The van der Waals surface area contributed by atoms with Crippen molar-refractivity contribution in [3.05, 3.63) is 71.8 Å². The van der Waals surface area contributed by atoms with E-state index >= 15 is 0 Å². The van der Waals surface area contributed by atoms with Crippen molar-refractivity contribution in [3.63, 3.8) is 0 Å². The second-order valence-electron chi connectivity index (χ2n) is 7.81. The molecule has 0 radical (unpaired) electrons. The molecule has 0 N–H and O–H groups in total. The number of hydrogen-bond acceptors (Lipinski definition) is 5. The summed E-state index contributed by atoms with van der Waals surface area (Å²) < 4.78 is 0. The van der Waals surface area contributed by atoms with Gasteiger partial charge in [-0.3, -0.25) is 4.79 Å². The smallest absolute Gasteiger partial charge is 0.192 e. The third kappa shape index (κ3) is 2.34. The SMILES string of the molecule is O=C1[C@]2(CCC[C@@]13N=NC[C@H]3c1ccccc1)N=NC[C@@H]2c1ccccc1. The van der Waals surface area contributed by atoms with Crippen LogP contribution < -0.4 is 0 Å². The van der Waals surface area contributed by atoms with Crippen molar-refractivity contribution < 1.29 is 4.79 Å². The van der Waals surface area contributed by atoms with Gasteiger partial charge in [-0.15, -0.1) is 0 Å². The Hall–Kier alpha value is -2.69. The number of benzene rings is 2. The molecule has 5 nitrogen and oxygen atoms in total. The number of carbonyl (C=O) groups is 1. The quantitative estimate of drug-likeness (QED) is 0.766. The van der Waals surface area contributed by atoms with E-state index in [1.54, 1.807) is 0 Å². The molecule has 2 heterocycles. The standard InChI is InChI=1S/C22H22N4O/c27-20-21(18(14-23-25-21)16-8-3-1-4-9-16)12-7-13-22(20)19(15-24-26-22)17-10-5-2-6-11-17/h1-6,8-11,18-19H,7,12-15H2/t18-,19+,21-,22+. The number of azo groups is 2. The third-order valence-electron chi connectivity index (χ3n) is 6.49. The summed E-state index contributed by atoms with van der Waals surface area (Å²) in [6.07, 6.45) is 2.40. The van der Waals surface area contributed by atoms with Gasteiger partial charge in [-0.2, -0.15) is 20.5 Å². The average Bonchev–Trinajstić information content (AvgIpc) is 3.33. The molecule has 5 rings (SSSR count). The van der Waals surface area contributed by atoms with Gasteiger partial charge in [0.15, 0.2) is 16.9 Å². The summed E-state index contributed by atoms with van der Waals surface area (Å²) in [6, 6.07) is 20.4. The molecule has 27 heavy (non-hydrogen) atoms. The summed E-state index contributed by atoms with van der Waals surface area (Å²) in [7, 11) is 0. The van der Waals surface area contributed by atoms with Crippen LogP contribution in [0.2, 0.25) is 0 Å². The van der Waals surface area contributed by atoms with Crippen LogP contribution >= 0.6 is 0 Å². The molecule has 1 fully saturated rings. The molecule has 0 amide bonds. The van der Waals surface area contributed by atoms with Crippen molar-refractivity contribution in [1.29, 1.82) is 0 Å². The van der Waals surface area contributed by atoms with Crippen LogP contribution in [0.4, 0.5) is 0 Å². The minimum atomic E-state index is -0.796. The molecule has 5 heteroatoms. The molecule has 2 spiro atoms. The Morgan fingerprint density at radius 2 is 1.15 bits per heavy atom. The highest BCUT2D eigenvalue weighted by molar-refractivity contribution is 6.00. The summed E-state index contributed by atoms with van der Waals surface area (Å²) in [6.45, 7) is 1.14. The Morgan fingerprint density at radius 3 is 1.59 bits per heavy atom. The lowest BCUT2D eigenvalue weighted by Crippen LogP contribution is -2.58. The summed E-state index contributed by atoms with van der Waals surface area (Å²) in [4.78, 5) is 14.0. The highest BCUT2D eigenvalue weighted by Gasteiger charge is 2.63. The summed E-state index contributed by atoms with van der Waals surface area (Å²) >= 11 is 0. The first-order chi connectivity index (χ1) is 13.3. The lowest BCUT2D eigenvalue weighted by atomic mass is 9.60. The third-order valence-corrected chi connectivity index (χ3v) is 6.49. The van der Waals surface area contributed by atoms with Gasteiger partial charge in [0.2, 0.25) is 0 Å². The molecule has 0 saturated heterocycles. The number of Topliss-reactive ketones (excluding diaryl/α,β-unsaturated/α-hetero) is 1. The van der Waals surface area contributed by atoms with E-state index in [0.717, 1.165) is 30.4 Å². The fourth-order valence-electron chi connectivity index (χ4n) is 5.16. The molecule has 2 aliphatic heterocycles. The minimum Gasteiger partial charge on any atom is -0.294 e. The van der Waals surface area contributed by atoms with Crippen molar-refractivity contribution in [2.45, 2.75) is 42.2 Å². The maximum atomic E-state index is 14.0. The highest BCUT2D eigenvalue weighted by Crippen LogP contribution is 2.53. The van der Waals surface area contributed by atoms with Crippen LogP contribution in [0.25, 0.3) is 0 Å². The molecule has 1 saturated carbocycles. The van der Waals surface area contributed by atoms with E-state index in [4.69, 9.17) is 0 Å². The van der Waals surface area contributed by atoms with Crippen molar-refractivity contribution in [2.24, 2.45) is 20.5 Å². The predicted octanol–water partition coefficient (Wildman–Crippen LogP) is 4.72. The zero-order valence-electron chi connectivity index (χ0n) is 15.2. The van der Waals surface area contributed by atoms with E-state index in [-0.39, 0.29) is 17.6 Å². The van der Waals surface area contributed by atoms with Gasteiger partial charge in [-0.1, -0.05) is 60.7 Å². The van der Waals surface area contributed by atoms with Crippen molar-refractivity contribution >= 4 is 5.78 Å². The maximum absolute atomic E-state index is 14.0. The molecule has 136 valence electrons. The van der Waals surface area contributed by atoms with Gasteiger partial charge in [0.05, 0.1) is 13.1 Å². The topological polar surface area (TPSA) is 66.5 Å². The number of rotatable bonds is 2. The monoisotopic (exact) mass is 358 g/mol. The lowest BCUT2D eigenvalue weighted by Gasteiger charge is -2.43. The normalized spacial score (nSPS) is 34.7. The van der Waals surface area contributed by atoms with Crippen LogP contribution in [0, 0.1) is 0 Å². The van der Waals surface area contributed by atoms with Crippen molar-refractivity contribution in [2.75, 3.05) is 13.1 Å². The zero-order valence-corrected chi connectivity index (χ0v) is 15.2. The second kappa shape index (κ2) is 6.19. The molecule has 3 aliphatic rings. The Morgan fingerprint density at radius 1 is 0.704 bits per heavy atom. The molecule has 0 bridgehead atoms. The van der Waals surface area contributed by atoms with Crippen molar-refractivity contribution in [1.82, 2.24) is 0 Å². The van der Waals surface area contributed by atoms with Gasteiger partial charge in [-0.05, 0) is 30.4 Å². The van der Waals surface area contributed by atoms with Gasteiger partial charge < -0.3 is 0 Å². The summed E-state index contributed by atoms with van der Waals surface area (Å²) in [5.74, 6) is 0.109. The highest BCUT2D eigenvalue weighted by atomic mass is 16.1. The van der Waals surface area contributed by atoms with Gasteiger partial charge in [0, 0.05) is 11.8 Å². The van der Waals surface area contributed by atoms with Crippen LogP contribution in [0.3, 0.4) is 0 Å². The first-order valence-corrected chi connectivity index (χ1v) is 9.68. The Kier molecular flexibility index (Phi) is 3.78. The molecule has 2 aromatic rings. The maximum Gasteiger partial charge on any atom is 0.192 e. The van der Waals surface area contributed by atoms with E-state index in [1.165, 1.54) is 0 Å². The van der Waals surface area contributed by atoms with Gasteiger partial charge in [0.25, 0.3) is 0 Å². The van der Waals surface area contributed by atoms with E-state index in [1.807, 2.05) is 36.4 Å². The molecule has 4 atom stereocenters. The van der Waals surface area contributed by atoms with Crippen LogP contribution in [0.15, 0.2) is 81.1 Å². The van der Waals surface area contributed by atoms with E-state index < -0.39 is 11.1 Å². The lowest BCUT2D eigenvalue weighted by molar-refractivity contribution is -0.133. The fraction of sp³-hybridized carbons (Fsp3) is 0.409. The average molecular weight is 358 g/mol. The first-order valence-electron chi connectivity index (χ1n) is 9.68. The zero-order chi connectivity index (χ0) is 18.3. The van der Waals surface area contributed by atoms with Crippen LogP contribution in [0.5, 0.6) is 0 Å². The number of carbonyl (C=O) groups excluding carboxylic acids is 1. The minimum absolute atomic E-state index is 0.00408. The van der Waals surface area contributed by atoms with Crippen molar-refractivity contribution in [3.8, 4) is 0 Å². The Bertz CT molecular complexity index is 837. The molecular formula is C22H22N4O. The van der Waals surface area contributed by atoms with Crippen LogP contribution in [0.1, 0.15) is 42.2 Å². The largest absolute Gasteiger partial charge is 0.294 e. The molecule has 2 aromatic carbocycles. The number of hydrogen-bond donors (Lipinski definition) is 0. The van der Waals surface area contributed by atoms with Crippen LogP contribution in [-0.2, 0) is 4.79 Å². The Balaban J connectivity index is 1.58. The summed E-state index contributed by atoms with van der Waals surface area (Å²) in [5, 5.41) is 17.9. The fourth-order valence-corrected chi connectivity index (χ4v) is 5.16. The van der Waals surface area contributed by atoms with E-state index in [2.05, 4.69) is 44.7 Å². The Labute approximate surface area is 158 Å². The van der Waals surface area contributed by atoms with E-state index in [0.29, 0.717) is 13.1 Å². The van der Waals surface area contributed by atoms with Gasteiger partial charge in [0.1, 0.15) is 0 Å². The first kappa shape index (κ1) is 16.5. The van der Waals surface area contributed by atoms with Gasteiger partial charge in [-0.25, -0.2) is 0 Å². The number of nitrogens with zero attached hydrogens (tertiary/aromatic N) is 4. The van der Waals surface area contributed by atoms with Gasteiger partial charge >= 0.3 is 0 Å². The second-order valence-corrected chi connectivity index (χ2v) is 7.81. The molecule has 0 aromatic heterocycles. The summed E-state index contributed by atoms with van der Waals surface area (Å²) in [5.41, 5.74) is 0.685. The van der Waals surface area contributed by atoms with E-state index in [9.17, 15) is 4.79 Å². The molecule has 1 aliphatic carbocycles. The molecule has 0 unspecified atom stereocenters. The number of ketones is 1. The molecular weight excluding hydrogens is 336 g/mol. The predicted molar refractivity (Wildman–Crippen MR) is 102 cm³/mol.